The lowest BCUT2D eigenvalue weighted by atomic mass is 9.80. The Labute approximate surface area is 208 Å². The first kappa shape index (κ1) is 25.9. The number of methoxy groups -OCH3 is 1. The van der Waals surface area contributed by atoms with Gasteiger partial charge in [0.15, 0.2) is 0 Å². The van der Waals surface area contributed by atoms with Crippen molar-refractivity contribution in [2.24, 2.45) is 0 Å². The number of halogens is 3. The molecule has 2 N–H and O–H groups in total. The van der Waals surface area contributed by atoms with E-state index in [0.29, 0.717) is 17.8 Å². The van der Waals surface area contributed by atoms with Crippen LogP contribution in [0, 0.1) is 6.92 Å². The molecular formula is C26H31F3N4O3. The molecule has 1 aliphatic heterocycles. The number of benzene rings is 1. The van der Waals surface area contributed by atoms with Gasteiger partial charge in [0.25, 0.3) is 5.91 Å². The maximum absolute atomic E-state index is 12.8. The van der Waals surface area contributed by atoms with Crippen LogP contribution in [0.15, 0.2) is 36.5 Å². The van der Waals surface area contributed by atoms with Crippen LogP contribution in [0.1, 0.15) is 58.6 Å². The van der Waals surface area contributed by atoms with Gasteiger partial charge in [-0.05, 0) is 68.4 Å². The van der Waals surface area contributed by atoms with Crippen LogP contribution < -0.4 is 15.4 Å². The predicted molar refractivity (Wildman–Crippen MR) is 128 cm³/mol. The number of amides is 2. The number of carbonyl (C=O) groups is 2. The number of hydrogen-bond acceptors (Lipinski definition) is 5. The van der Waals surface area contributed by atoms with Crippen molar-refractivity contribution in [3.63, 3.8) is 0 Å². The van der Waals surface area contributed by atoms with Crippen LogP contribution in [0.3, 0.4) is 0 Å². The summed E-state index contributed by atoms with van der Waals surface area (Å²) in [7, 11) is 1.62. The number of aryl methyl sites for hydroxylation is 1. The van der Waals surface area contributed by atoms with Gasteiger partial charge in [-0.15, -0.1) is 0 Å². The zero-order chi connectivity index (χ0) is 25.9. The molecule has 0 bridgehead atoms. The Kier molecular flexibility index (Phi) is 7.82. The largest absolute Gasteiger partial charge is 0.481 e. The highest BCUT2D eigenvalue weighted by Crippen LogP contribution is 2.36. The molecule has 7 nitrogen and oxygen atoms in total. The van der Waals surface area contributed by atoms with Crippen LogP contribution in [-0.4, -0.2) is 60.5 Å². The van der Waals surface area contributed by atoms with E-state index >= 15 is 0 Å². The van der Waals surface area contributed by atoms with Crippen LogP contribution >= 0.6 is 0 Å². The first-order chi connectivity index (χ1) is 17.1. The third-order valence-corrected chi connectivity index (χ3v) is 7.07. The summed E-state index contributed by atoms with van der Waals surface area (Å²) in [5.74, 6) is 0.0865. The van der Waals surface area contributed by atoms with Gasteiger partial charge in [-0.3, -0.25) is 14.5 Å². The Morgan fingerprint density at radius 2 is 1.86 bits per heavy atom. The minimum Gasteiger partial charge on any atom is -0.481 e. The van der Waals surface area contributed by atoms with Gasteiger partial charge in [-0.25, -0.2) is 4.98 Å². The van der Waals surface area contributed by atoms with E-state index in [1.807, 2.05) is 13.1 Å². The molecule has 1 aliphatic carbocycles. The van der Waals surface area contributed by atoms with E-state index < -0.39 is 17.6 Å². The molecule has 1 aromatic carbocycles. The molecule has 2 aliphatic rings. The van der Waals surface area contributed by atoms with Gasteiger partial charge in [-0.1, -0.05) is 6.07 Å². The molecular weight excluding hydrogens is 473 g/mol. The zero-order valence-corrected chi connectivity index (χ0v) is 20.4. The summed E-state index contributed by atoms with van der Waals surface area (Å²) in [6.07, 6.45) is 1.74. The van der Waals surface area contributed by atoms with E-state index in [1.165, 1.54) is 17.7 Å². The molecule has 0 spiro atoms. The first-order valence-electron chi connectivity index (χ1n) is 12.1. The molecule has 2 aromatic rings. The van der Waals surface area contributed by atoms with E-state index in [-0.39, 0.29) is 24.1 Å². The van der Waals surface area contributed by atoms with Gasteiger partial charge in [0.05, 0.1) is 25.3 Å². The molecule has 1 aromatic heterocycles. The number of pyridine rings is 1. The average molecular weight is 505 g/mol. The highest BCUT2D eigenvalue weighted by Gasteiger charge is 2.35. The average Bonchev–Trinajstić information content (AvgIpc) is 2.84. The third kappa shape index (κ3) is 6.16. The lowest BCUT2D eigenvalue weighted by Crippen LogP contribution is -2.63. The number of nitrogens with zero attached hydrogens (tertiary/aromatic N) is 2. The summed E-state index contributed by atoms with van der Waals surface area (Å²) in [6, 6.07) is 6.79. The SMILES string of the molecule is COc1ncc(C2CCC(N3CC(NC(=O)CNC(=O)c4cccc(C(F)(F)F)c4)C3)CC2)cc1C. The Hall–Kier alpha value is -3.14. The second-order valence-corrected chi connectivity index (χ2v) is 9.58. The monoisotopic (exact) mass is 504 g/mol. The second-order valence-electron chi connectivity index (χ2n) is 9.58. The van der Waals surface area contributed by atoms with E-state index in [9.17, 15) is 22.8 Å². The van der Waals surface area contributed by atoms with Crippen molar-refractivity contribution in [3.05, 3.63) is 58.8 Å². The van der Waals surface area contributed by atoms with E-state index in [1.54, 1.807) is 7.11 Å². The molecule has 1 saturated heterocycles. The van der Waals surface area contributed by atoms with Gasteiger partial charge < -0.3 is 15.4 Å². The first-order valence-corrected chi connectivity index (χ1v) is 12.1. The smallest absolute Gasteiger partial charge is 0.416 e. The Morgan fingerprint density at radius 3 is 2.50 bits per heavy atom. The number of aromatic nitrogens is 1. The summed E-state index contributed by atoms with van der Waals surface area (Å²) < 4.78 is 43.7. The summed E-state index contributed by atoms with van der Waals surface area (Å²) in [4.78, 5) is 31.2. The van der Waals surface area contributed by atoms with Crippen molar-refractivity contribution in [2.75, 3.05) is 26.7 Å². The maximum Gasteiger partial charge on any atom is 0.416 e. The number of nitrogens with one attached hydrogen (secondary N) is 2. The minimum absolute atomic E-state index is 0.00845. The number of likely N-dealkylation sites (tertiary alicyclic amines) is 1. The fraction of sp³-hybridized carbons (Fsp3) is 0.500. The van der Waals surface area contributed by atoms with E-state index in [0.717, 1.165) is 56.5 Å². The molecule has 1 saturated carbocycles. The van der Waals surface area contributed by atoms with Crippen LogP contribution in [-0.2, 0) is 11.0 Å². The Balaban J connectivity index is 1.16. The Morgan fingerprint density at radius 1 is 1.14 bits per heavy atom. The van der Waals surface area contributed by atoms with Crippen molar-refractivity contribution in [1.29, 1.82) is 0 Å². The molecule has 194 valence electrons. The van der Waals surface area contributed by atoms with Gasteiger partial charge in [0.2, 0.25) is 11.8 Å². The lowest BCUT2D eigenvalue weighted by molar-refractivity contribution is -0.137. The molecule has 2 fully saturated rings. The normalized spacial score (nSPS) is 20.9. The van der Waals surface area contributed by atoms with Gasteiger partial charge >= 0.3 is 6.18 Å². The highest BCUT2D eigenvalue weighted by atomic mass is 19.4. The fourth-order valence-corrected chi connectivity index (χ4v) is 5.08. The number of ether oxygens (including phenoxy) is 1. The van der Waals surface area contributed by atoms with Crippen molar-refractivity contribution in [1.82, 2.24) is 20.5 Å². The zero-order valence-electron chi connectivity index (χ0n) is 20.4. The number of carbonyl (C=O) groups excluding carboxylic acids is 2. The maximum atomic E-state index is 12.8. The predicted octanol–water partition coefficient (Wildman–Crippen LogP) is 3.67. The highest BCUT2D eigenvalue weighted by molar-refractivity contribution is 5.96. The number of rotatable bonds is 7. The fourth-order valence-electron chi connectivity index (χ4n) is 5.08. The molecule has 2 amide bonds. The third-order valence-electron chi connectivity index (χ3n) is 7.07. The van der Waals surface area contributed by atoms with Crippen LogP contribution in [0.5, 0.6) is 5.88 Å². The van der Waals surface area contributed by atoms with Crippen molar-refractivity contribution in [3.8, 4) is 5.88 Å². The molecule has 0 radical (unpaired) electrons. The minimum atomic E-state index is -4.53. The summed E-state index contributed by atoms with van der Waals surface area (Å²) in [5.41, 5.74) is 1.26. The molecule has 0 atom stereocenters. The molecule has 0 unspecified atom stereocenters. The van der Waals surface area contributed by atoms with Crippen LogP contribution in [0.25, 0.3) is 0 Å². The lowest BCUT2D eigenvalue weighted by Gasteiger charge is -2.46. The number of hydrogen-bond donors (Lipinski definition) is 2. The molecule has 10 heteroatoms. The quantitative estimate of drug-likeness (QED) is 0.601. The van der Waals surface area contributed by atoms with Gasteiger partial charge in [0.1, 0.15) is 0 Å². The van der Waals surface area contributed by atoms with Crippen LogP contribution in [0.4, 0.5) is 13.2 Å². The molecule has 36 heavy (non-hydrogen) atoms. The van der Waals surface area contributed by atoms with Crippen molar-refractivity contribution < 1.29 is 27.5 Å². The van der Waals surface area contributed by atoms with Gasteiger partial charge in [0, 0.05) is 36.5 Å². The van der Waals surface area contributed by atoms with Gasteiger partial charge in [-0.2, -0.15) is 13.2 Å². The van der Waals surface area contributed by atoms with Crippen LogP contribution in [0.2, 0.25) is 0 Å². The summed E-state index contributed by atoms with van der Waals surface area (Å²) in [6.45, 7) is 3.23. The van der Waals surface area contributed by atoms with Crippen molar-refractivity contribution >= 4 is 11.8 Å². The van der Waals surface area contributed by atoms with E-state index in [4.69, 9.17) is 4.74 Å². The van der Waals surface area contributed by atoms with Crippen molar-refractivity contribution in [2.45, 2.75) is 56.8 Å². The standard InChI is InChI=1S/C26H31F3N4O3/c1-16-10-19(12-31-25(16)36-2)17-6-8-22(9-7-17)33-14-21(15-33)32-23(34)13-30-24(35)18-4-3-5-20(11-18)26(27,28)29/h3-5,10-12,17,21-22H,6-9,13-15H2,1-2H3,(H,30,35)(H,32,34). The molecule has 4 rings (SSSR count). The topological polar surface area (TPSA) is 83.6 Å². The second kappa shape index (κ2) is 10.9. The summed E-state index contributed by atoms with van der Waals surface area (Å²) in [5, 5.41) is 5.28. The van der Waals surface area contributed by atoms with E-state index in [2.05, 4.69) is 26.6 Å². The summed E-state index contributed by atoms with van der Waals surface area (Å²) >= 11 is 0. The number of alkyl halides is 3. The molecule has 2 heterocycles. The Bertz CT molecular complexity index is 1090.